The van der Waals surface area contributed by atoms with Gasteiger partial charge in [-0.25, -0.2) is 14.2 Å². The third-order valence-electron chi connectivity index (χ3n) is 6.46. The highest BCUT2D eigenvalue weighted by Crippen LogP contribution is 2.37. The smallest absolute Gasteiger partial charge is 0.489 e. The molecule has 1 atom stereocenters. The van der Waals surface area contributed by atoms with Crippen LogP contribution >= 0.6 is 23.1 Å². The first-order valence-corrected chi connectivity index (χ1v) is 12.9. The van der Waals surface area contributed by atoms with Crippen LogP contribution < -0.4 is 10.2 Å². The summed E-state index contributed by atoms with van der Waals surface area (Å²) in [4.78, 5) is 20.0. The van der Waals surface area contributed by atoms with Crippen LogP contribution in [0.15, 0.2) is 41.4 Å². The topological polar surface area (TPSA) is 90.2 Å². The number of hydrogen-bond acceptors (Lipinski definition) is 8. The fraction of sp³-hybridized carbons (Fsp3) is 0.375. The summed E-state index contributed by atoms with van der Waals surface area (Å²) >= 11 is 2.84. The molecule has 1 aromatic heterocycles. The first kappa shape index (κ1) is 24.2. The van der Waals surface area contributed by atoms with E-state index in [2.05, 4.69) is 9.98 Å². The maximum absolute atomic E-state index is 14.9. The molecule has 0 aliphatic carbocycles. The van der Waals surface area contributed by atoms with Crippen molar-refractivity contribution in [3.05, 3.63) is 52.8 Å². The molecule has 3 aromatic rings. The van der Waals surface area contributed by atoms with Crippen molar-refractivity contribution in [1.82, 2.24) is 4.98 Å². The lowest BCUT2D eigenvalue weighted by Crippen LogP contribution is -2.41. The van der Waals surface area contributed by atoms with E-state index in [9.17, 15) is 9.18 Å². The molecule has 0 unspecified atom stereocenters. The van der Waals surface area contributed by atoms with E-state index in [1.54, 1.807) is 12.1 Å². The normalized spacial score (nSPS) is 20.9. The molecule has 35 heavy (non-hydrogen) atoms. The highest BCUT2D eigenvalue weighted by atomic mass is 32.2. The van der Waals surface area contributed by atoms with Crippen molar-refractivity contribution in [3.63, 3.8) is 0 Å². The van der Waals surface area contributed by atoms with Gasteiger partial charge in [-0.3, -0.25) is 4.99 Å². The van der Waals surface area contributed by atoms with Gasteiger partial charge in [0.1, 0.15) is 28.2 Å². The van der Waals surface area contributed by atoms with E-state index < -0.39 is 36.1 Å². The van der Waals surface area contributed by atoms with Gasteiger partial charge in [0.2, 0.25) is 0 Å². The van der Waals surface area contributed by atoms with Gasteiger partial charge >= 0.3 is 13.1 Å². The number of benzene rings is 2. The Bertz CT molecular complexity index is 1330. The number of aliphatic imine (C=N–C) groups is 1. The first-order valence-electron chi connectivity index (χ1n) is 11.1. The Kier molecular flexibility index (Phi) is 6.15. The molecule has 7 nitrogen and oxygen atoms in total. The van der Waals surface area contributed by atoms with Crippen LogP contribution in [0.2, 0.25) is 0 Å². The summed E-state index contributed by atoms with van der Waals surface area (Å²) in [6.07, 6.45) is 0. The fourth-order valence-corrected chi connectivity index (χ4v) is 5.78. The van der Waals surface area contributed by atoms with Gasteiger partial charge in [-0.1, -0.05) is 12.1 Å². The fourth-order valence-electron chi connectivity index (χ4n) is 3.69. The Hall–Kier alpha value is -2.47. The average Bonchev–Trinajstić information content (AvgIpc) is 3.48. The van der Waals surface area contributed by atoms with Crippen molar-refractivity contribution in [2.75, 3.05) is 5.75 Å². The minimum absolute atomic E-state index is 0.195. The molecule has 1 N–H and O–H groups in total. The molecule has 2 aliphatic rings. The summed E-state index contributed by atoms with van der Waals surface area (Å²) in [6.45, 7) is 7.93. The quantitative estimate of drug-likeness (QED) is 0.492. The number of fused-ring (bicyclic) bond motifs is 1. The molecular weight excluding hydrogens is 490 g/mol. The first-order chi connectivity index (χ1) is 16.5. The molecule has 0 spiro atoms. The number of carboxylic acids is 1. The SMILES string of the molecule is CC1(C)OB(c2ccc(COc3ccc4nc(C5=N[C@@H](C(=O)O)CS5)sc4c3)cc2F)OC1(C)C. The summed E-state index contributed by atoms with van der Waals surface area (Å²) in [5.74, 6) is -0.280. The van der Waals surface area contributed by atoms with E-state index in [-0.39, 0.29) is 6.61 Å². The third-order valence-corrected chi connectivity index (χ3v) is 8.67. The van der Waals surface area contributed by atoms with Crippen LogP contribution in [0.5, 0.6) is 5.75 Å². The number of carbonyl (C=O) groups is 1. The molecule has 182 valence electrons. The number of thiazole rings is 1. The summed E-state index contributed by atoms with van der Waals surface area (Å²) < 4.78 is 33.6. The van der Waals surface area contributed by atoms with E-state index >= 15 is 0 Å². The second-order valence-corrected chi connectivity index (χ2v) is 11.5. The Labute approximate surface area is 210 Å². The number of rotatable bonds is 6. The van der Waals surface area contributed by atoms with Crippen molar-refractivity contribution in [2.24, 2.45) is 4.99 Å². The Balaban J connectivity index is 1.27. The molecule has 2 aromatic carbocycles. The predicted octanol–water partition coefficient (Wildman–Crippen LogP) is 4.26. The van der Waals surface area contributed by atoms with Crippen molar-refractivity contribution in [1.29, 1.82) is 0 Å². The third kappa shape index (κ3) is 4.70. The summed E-state index contributed by atoms with van der Waals surface area (Å²) in [7, 11) is -0.758. The second-order valence-electron chi connectivity index (χ2n) is 9.48. The Morgan fingerprint density at radius 3 is 2.60 bits per heavy atom. The van der Waals surface area contributed by atoms with Gasteiger partial charge in [-0.15, -0.1) is 23.1 Å². The minimum Gasteiger partial charge on any atom is -0.489 e. The minimum atomic E-state index is -0.926. The number of aliphatic carboxylic acids is 1. The van der Waals surface area contributed by atoms with E-state index in [0.717, 1.165) is 10.2 Å². The summed E-state index contributed by atoms with van der Waals surface area (Å²) in [6, 6.07) is 9.74. The molecule has 11 heteroatoms. The standard InChI is InChI=1S/C24H24BFN2O5S2/c1-23(2)24(3,4)33-25(32-23)15-7-5-13(9-16(15)26)11-31-14-6-8-17-19(10-14)35-21(27-17)20-28-18(12-34-20)22(29)30/h5-10,18H,11-12H2,1-4H3,(H,29,30)/t18-/m1/s1. The zero-order valence-corrected chi connectivity index (χ0v) is 21.3. The maximum atomic E-state index is 14.9. The second kappa shape index (κ2) is 8.88. The molecule has 1 saturated heterocycles. The van der Waals surface area contributed by atoms with Crippen LogP contribution in [0.3, 0.4) is 0 Å². The number of ether oxygens (including phenoxy) is 1. The number of hydrogen-bond donors (Lipinski definition) is 1. The van der Waals surface area contributed by atoms with Crippen molar-refractivity contribution < 1.29 is 28.3 Å². The van der Waals surface area contributed by atoms with E-state index in [1.165, 1.54) is 29.2 Å². The molecule has 2 aliphatic heterocycles. The molecule has 3 heterocycles. The number of halogens is 1. The highest BCUT2D eigenvalue weighted by Gasteiger charge is 2.52. The molecule has 0 saturated carbocycles. The number of aromatic nitrogens is 1. The average molecular weight is 514 g/mol. The van der Waals surface area contributed by atoms with Crippen LogP contribution in [-0.2, 0) is 20.7 Å². The van der Waals surface area contributed by atoms with Crippen LogP contribution in [0.25, 0.3) is 10.2 Å². The zero-order chi connectivity index (χ0) is 25.0. The van der Waals surface area contributed by atoms with Gasteiger partial charge in [0.15, 0.2) is 6.04 Å². The van der Waals surface area contributed by atoms with Gasteiger partial charge in [-0.2, -0.15) is 0 Å². The van der Waals surface area contributed by atoms with E-state index in [4.69, 9.17) is 19.2 Å². The molecule has 0 bridgehead atoms. The molecule has 0 radical (unpaired) electrons. The maximum Gasteiger partial charge on any atom is 0.497 e. The lowest BCUT2D eigenvalue weighted by molar-refractivity contribution is -0.137. The summed E-state index contributed by atoms with van der Waals surface area (Å²) in [5.41, 5.74) is 0.759. The van der Waals surface area contributed by atoms with Gasteiger partial charge in [0.25, 0.3) is 0 Å². The molecule has 5 rings (SSSR count). The van der Waals surface area contributed by atoms with Gasteiger partial charge in [0, 0.05) is 11.2 Å². The molecule has 0 amide bonds. The van der Waals surface area contributed by atoms with Crippen molar-refractivity contribution in [2.45, 2.75) is 51.5 Å². The van der Waals surface area contributed by atoms with Gasteiger partial charge in [0.05, 0.1) is 21.4 Å². The molecular formula is C24H24BFN2O5S2. The Morgan fingerprint density at radius 2 is 1.94 bits per heavy atom. The predicted molar refractivity (Wildman–Crippen MR) is 136 cm³/mol. The number of carboxylic acid groups (broad SMARTS) is 1. The lowest BCUT2D eigenvalue weighted by Gasteiger charge is -2.32. The molecule has 1 fully saturated rings. The zero-order valence-electron chi connectivity index (χ0n) is 19.7. The van der Waals surface area contributed by atoms with Crippen LogP contribution in [0, 0.1) is 5.82 Å². The van der Waals surface area contributed by atoms with Gasteiger partial charge < -0.3 is 19.2 Å². The van der Waals surface area contributed by atoms with Gasteiger partial charge in [-0.05, 0) is 57.5 Å². The lowest BCUT2D eigenvalue weighted by atomic mass is 9.78. The highest BCUT2D eigenvalue weighted by molar-refractivity contribution is 8.15. The van der Waals surface area contributed by atoms with Crippen molar-refractivity contribution >= 4 is 56.9 Å². The number of nitrogens with zero attached hydrogens (tertiary/aromatic N) is 2. The van der Waals surface area contributed by atoms with Crippen LogP contribution in [0.4, 0.5) is 4.39 Å². The van der Waals surface area contributed by atoms with E-state index in [1.807, 2.05) is 45.9 Å². The van der Waals surface area contributed by atoms with E-state index in [0.29, 0.717) is 32.6 Å². The monoisotopic (exact) mass is 514 g/mol. The van der Waals surface area contributed by atoms with Crippen LogP contribution in [0.1, 0.15) is 38.3 Å². The van der Waals surface area contributed by atoms with Crippen LogP contribution in [-0.4, -0.2) is 51.2 Å². The van der Waals surface area contributed by atoms with Crippen molar-refractivity contribution in [3.8, 4) is 5.75 Å². The summed E-state index contributed by atoms with van der Waals surface area (Å²) in [5, 5.41) is 10.5. The number of thioether (sulfide) groups is 1. The Morgan fingerprint density at radius 1 is 1.20 bits per heavy atom. The largest absolute Gasteiger partial charge is 0.497 e.